The first-order valence-corrected chi connectivity index (χ1v) is 8.06. The third-order valence-corrected chi connectivity index (χ3v) is 5.87. The number of rotatable bonds is 2. The summed E-state index contributed by atoms with van der Waals surface area (Å²) in [6, 6.07) is 0.0764. The Kier molecular flexibility index (Phi) is 4.27. The zero-order valence-corrected chi connectivity index (χ0v) is 13.8. The van der Waals surface area contributed by atoms with Crippen LogP contribution in [-0.2, 0) is 9.53 Å². The van der Waals surface area contributed by atoms with E-state index in [2.05, 4.69) is 22.6 Å². The van der Waals surface area contributed by atoms with Crippen LogP contribution in [0.15, 0.2) is 0 Å². The number of hydrogen-bond donors (Lipinski definition) is 0. The third kappa shape index (κ3) is 2.55. The molecule has 2 aliphatic rings. The Hall–Kier alpha value is -0.530. The summed E-state index contributed by atoms with van der Waals surface area (Å²) in [5, 5.41) is 0. The number of urea groups is 1. The van der Waals surface area contributed by atoms with Crippen LogP contribution in [0.25, 0.3) is 0 Å². The molecule has 0 radical (unpaired) electrons. The van der Waals surface area contributed by atoms with Crippen molar-refractivity contribution in [3.8, 4) is 0 Å². The number of methoxy groups -OCH3 is 1. The molecule has 0 N–H and O–H groups in total. The van der Waals surface area contributed by atoms with Crippen molar-refractivity contribution >= 4 is 34.6 Å². The molecule has 0 bridgehead atoms. The summed E-state index contributed by atoms with van der Waals surface area (Å²) in [7, 11) is 5.02. The van der Waals surface area contributed by atoms with Crippen molar-refractivity contribution in [2.75, 3.05) is 38.7 Å². The van der Waals surface area contributed by atoms with Gasteiger partial charge in [-0.3, -0.25) is 4.79 Å². The fourth-order valence-electron chi connectivity index (χ4n) is 3.47. The Balaban J connectivity index is 2.04. The number of carbonyl (C=O) groups excluding carboxylic acids is 2. The van der Waals surface area contributed by atoms with Gasteiger partial charge in [0.05, 0.1) is 12.5 Å². The van der Waals surface area contributed by atoms with Crippen molar-refractivity contribution in [1.29, 1.82) is 0 Å². The number of likely N-dealkylation sites (tertiary alicyclic amines) is 1. The normalized spacial score (nSPS) is 28.1. The van der Waals surface area contributed by atoms with Crippen LogP contribution in [0.2, 0.25) is 0 Å². The van der Waals surface area contributed by atoms with E-state index in [4.69, 9.17) is 4.74 Å². The highest BCUT2D eigenvalue weighted by Gasteiger charge is 2.53. The summed E-state index contributed by atoms with van der Waals surface area (Å²) >= 11 is 2.28. The number of ether oxygens (including phenoxy) is 1. The highest BCUT2D eigenvalue weighted by molar-refractivity contribution is 14.1. The van der Waals surface area contributed by atoms with Gasteiger partial charge in [-0.15, -0.1) is 0 Å². The molecule has 0 unspecified atom stereocenters. The monoisotopic (exact) mass is 380 g/mol. The molecular weight excluding hydrogens is 359 g/mol. The van der Waals surface area contributed by atoms with Crippen LogP contribution >= 0.6 is 22.6 Å². The number of carbonyl (C=O) groups is 2. The minimum Gasteiger partial charge on any atom is -0.469 e. The Morgan fingerprint density at radius 3 is 2.21 bits per heavy atom. The Morgan fingerprint density at radius 1 is 1.32 bits per heavy atom. The fraction of sp³-hybridized carbons (Fsp3) is 0.846. The fourth-order valence-corrected chi connectivity index (χ4v) is 4.41. The molecule has 6 heteroatoms. The predicted octanol–water partition coefficient (Wildman–Crippen LogP) is 1.60. The van der Waals surface area contributed by atoms with Gasteiger partial charge >= 0.3 is 12.0 Å². The van der Waals surface area contributed by atoms with E-state index in [1.807, 2.05) is 4.90 Å². The number of hydrogen-bond acceptors (Lipinski definition) is 3. The van der Waals surface area contributed by atoms with Crippen LogP contribution in [0, 0.1) is 17.3 Å². The zero-order valence-electron chi connectivity index (χ0n) is 11.7. The van der Waals surface area contributed by atoms with Gasteiger partial charge in [-0.1, -0.05) is 22.6 Å². The maximum atomic E-state index is 12.0. The maximum Gasteiger partial charge on any atom is 0.319 e. The largest absolute Gasteiger partial charge is 0.469 e. The molecule has 2 fully saturated rings. The summed E-state index contributed by atoms with van der Waals surface area (Å²) < 4.78 is 5.77. The molecule has 1 aliphatic carbocycles. The van der Waals surface area contributed by atoms with E-state index in [1.54, 1.807) is 19.0 Å². The molecule has 2 atom stereocenters. The number of amides is 2. The van der Waals surface area contributed by atoms with E-state index in [9.17, 15) is 9.59 Å². The van der Waals surface area contributed by atoms with Crippen molar-refractivity contribution in [3.63, 3.8) is 0 Å². The molecule has 2 amide bonds. The van der Waals surface area contributed by atoms with Crippen LogP contribution in [0.3, 0.4) is 0 Å². The van der Waals surface area contributed by atoms with Crippen LogP contribution in [0.5, 0.6) is 0 Å². The number of esters is 1. The minimum absolute atomic E-state index is 0.0764. The van der Waals surface area contributed by atoms with Crippen LogP contribution < -0.4 is 0 Å². The molecule has 1 heterocycles. The lowest BCUT2D eigenvalue weighted by molar-refractivity contribution is -0.151. The molecule has 0 aromatic rings. The van der Waals surface area contributed by atoms with Gasteiger partial charge in [0.25, 0.3) is 0 Å². The van der Waals surface area contributed by atoms with Crippen molar-refractivity contribution in [3.05, 3.63) is 0 Å². The molecule has 108 valence electrons. The molecule has 0 aromatic heterocycles. The number of nitrogens with zero attached hydrogens (tertiary/aromatic N) is 2. The van der Waals surface area contributed by atoms with Crippen molar-refractivity contribution in [2.24, 2.45) is 17.3 Å². The summed E-state index contributed by atoms with van der Waals surface area (Å²) in [4.78, 5) is 27.5. The average molecular weight is 380 g/mol. The topological polar surface area (TPSA) is 49.9 Å². The Bertz CT molecular complexity index is 372. The average Bonchev–Trinajstić information content (AvgIpc) is 2.92. The van der Waals surface area contributed by atoms with E-state index in [-0.39, 0.29) is 17.4 Å². The quantitative estimate of drug-likeness (QED) is 0.416. The Morgan fingerprint density at radius 2 is 1.84 bits per heavy atom. The first-order valence-electron chi connectivity index (χ1n) is 6.54. The van der Waals surface area contributed by atoms with Crippen LogP contribution in [-0.4, -0.2) is 60.5 Å². The second-order valence-corrected chi connectivity index (χ2v) is 6.68. The number of fused-ring (bicyclic) bond motifs is 1. The second kappa shape index (κ2) is 5.46. The molecule has 0 spiro atoms. The van der Waals surface area contributed by atoms with E-state index in [0.29, 0.717) is 11.8 Å². The van der Waals surface area contributed by atoms with Gasteiger partial charge in [0.2, 0.25) is 0 Å². The summed E-state index contributed by atoms with van der Waals surface area (Å²) in [6.45, 7) is 1.55. The van der Waals surface area contributed by atoms with Gasteiger partial charge in [0.15, 0.2) is 0 Å². The third-order valence-electron chi connectivity index (χ3n) is 4.41. The maximum absolute atomic E-state index is 12.0. The Labute approximate surface area is 127 Å². The first kappa shape index (κ1) is 14.9. The lowest BCUT2D eigenvalue weighted by atomic mass is 9.87. The summed E-state index contributed by atoms with van der Waals surface area (Å²) in [6.07, 6.45) is 1.70. The van der Waals surface area contributed by atoms with Gasteiger partial charge in [-0.2, -0.15) is 0 Å². The second-order valence-electron chi connectivity index (χ2n) is 5.92. The summed E-state index contributed by atoms with van der Waals surface area (Å²) in [5.74, 6) is 0.803. The van der Waals surface area contributed by atoms with E-state index >= 15 is 0 Å². The lowest BCUT2D eigenvalue weighted by Gasteiger charge is -2.27. The SMILES string of the molecule is COC(=O)C1(CI)C[C@@H]2CN(C(=O)N(C)C)C[C@H]2C1. The van der Waals surface area contributed by atoms with Crippen LogP contribution in [0.4, 0.5) is 4.79 Å². The van der Waals surface area contributed by atoms with Gasteiger partial charge < -0.3 is 14.5 Å². The molecule has 1 aliphatic heterocycles. The van der Waals surface area contributed by atoms with Crippen molar-refractivity contribution in [1.82, 2.24) is 9.80 Å². The number of alkyl halides is 1. The molecule has 1 saturated carbocycles. The lowest BCUT2D eigenvalue weighted by Crippen LogP contribution is -2.40. The smallest absolute Gasteiger partial charge is 0.319 e. The predicted molar refractivity (Wildman–Crippen MR) is 80.2 cm³/mol. The molecule has 0 aromatic carbocycles. The van der Waals surface area contributed by atoms with Gasteiger partial charge in [-0.25, -0.2) is 4.79 Å². The molecule has 2 rings (SSSR count). The highest BCUT2D eigenvalue weighted by atomic mass is 127. The van der Waals surface area contributed by atoms with Gasteiger partial charge in [0, 0.05) is 31.6 Å². The van der Waals surface area contributed by atoms with Crippen molar-refractivity contribution < 1.29 is 14.3 Å². The molecule has 1 saturated heterocycles. The van der Waals surface area contributed by atoms with Crippen LogP contribution in [0.1, 0.15) is 12.8 Å². The minimum atomic E-state index is -0.322. The standard InChI is InChI=1S/C13H21IN2O3/c1-15(2)12(18)16-6-9-4-13(8-14,11(17)19-3)5-10(9)7-16/h9-10H,4-8H2,1-3H3/t9-,10-/m1/s1. The van der Waals surface area contributed by atoms with E-state index in [0.717, 1.165) is 30.4 Å². The summed E-state index contributed by atoms with van der Waals surface area (Å²) in [5.41, 5.74) is -0.322. The van der Waals surface area contributed by atoms with Crippen molar-refractivity contribution in [2.45, 2.75) is 12.8 Å². The molecule has 19 heavy (non-hydrogen) atoms. The first-order chi connectivity index (χ1) is 8.93. The zero-order chi connectivity index (χ0) is 14.2. The van der Waals surface area contributed by atoms with E-state index < -0.39 is 0 Å². The van der Waals surface area contributed by atoms with E-state index in [1.165, 1.54) is 7.11 Å². The van der Waals surface area contributed by atoms with Gasteiger partial charge in [-0.05, 0) is 24.7 Å². The van der Waals surface area contributed by atoms with Gasteiger partial charge in [0.1, 0.15) is 0 Å². The number of halogens is 1. The highest BCUT2D eigenvalue weighted by Crippen LogP contribution is 2.50. The molecule has 5 nitrogen and oxygen atoms in total. The molecular formula is C13H21IN2O3.